The summed E-state index contributed by atoms with van der Waals surface area (Å²) in [6, 6.07) is 6.24. The molecular formula is C21H33N3O3. The molecule has 1 saturated carbocycles. The summed E-state index contributed by atoms with van der Waals surface area (Å²) in [5.41, 5.74) is 2.27. The first-order valence-corrected chi connectivity index (χ1v) is 10.0. The fourth-order valence-electron chi connectivity index (χ4n) is 3.46. The predicted octanol–water partition coefficient (Wildman–Crippen LogP) is 3.07. The summed E-state index contributed by atoms with van der Waals surface area (Å²) in [5, 5.41) is 8.79. The summed E-state index contributed by atoms with van der Waals surface area (Å²) in [5.74, 6) is 0.860. The largest absolute Gasteiger partial charge is 0.496 e. The quantitative estimate of drug-likeness (QED) is 0.580. The van der Waals surface area contributed by atoms with Gasteiger partial charge in [0.15, 0.2) is 0 Å². The van der Waals surface area contributed by atoms with Crippen LogP contribution in [0.1, 0.15) is 56.1 Å². The van der Waals surface area contributed by atoms with Crippen molar-refractivity contribution in [3.05, 3.63) is 29.3 Å². The molecule has 1 aromatic rings. The predicted molar refractivity (Wildman–Crippen MR) is 107 cm³/mol. The molecule has 0 saturated heterocycles. The van der Waals surface area contributed by atoms with Crippen LogP contribution in [0.15, 0.2) is 18.2 Å². The number of carbonyl (C=O) groups excluding carboxylic acids is 2. The molecule has 3 amide bonds. The molecule has 2 rings (SSSR count). The third-order valence-electron chi connectivity index (χ3n) is 4.96. The van der Waals surface area contributed by atoms with Crippen molar-refractivity contribution < 1.29 is 14.3 Å². The van der Waals surface area contributed by atoms with Crippen molar-refractivity contribution >= 4 is 11.9 Å². The Morgan fingerprint density at radius 2 is 1.89 bits per heavy atom. The summed E-state index contributed by atoms with van der Waals surface area (Å²) >= 11 is 0. The number of carbonyl (C=O) groups is 2. The van der Waals surface area contributed by atoms with Crippen LogP contribution in [-0.4, -0.2) is 38.2 Å². The number of hydrogen-bond donors (Lipinski definition) is 3. The van der Waals surface area contributed by atoms with E-state index in [1.807, 2.05) is 19.1 Å². The third-order valence-corrected chi connectivity index (χ3v) is 4.96. The van der Waals surface area contributed by atoms with Crippen LogP contribution in [0.3, 0.4) is 0 Å². The van der Waals surface area contributed by atoms with Crippen LogP contribution in [0, 0.1) is 6.92 Å². The van der Waals surface area contributed by atoms with Crippen LogP contribution in [0.5, 0.6) is 5.75 Å². The standard InChI is InChI=1S/C21H33N3O3/c1-16-10-11-19(27-2)17(15-16)12-14-22-20(25)9-6-13-23-21(26)24-18-7-4-3-5-8-18/h10-11,15,18H,3-9,12-14H2,1-2H3,(H,22,25)(H2,23,24,26). The molecule has 0 aromatic heterocycles. The Balaban J connectivity index is 1.56. The van der Waals surface area contributed by atoms with Crippen LogP contribution in [0.4, 0.5) is 4.79 Å². The molecular weight excluding hydrogens is 342 g/mol. The highest BCUT2D eigenvalue weighted by Gasteiger charge is 2.15. The fourth-order valence-corrected chi connectivity index (χ4v) is 3.46. The molecule has 0 bridgehead atoms. The lowest BCUT2D eigenvalue weighted by Gasteiger charge is -2.22. The number of aryl methyl sites for hydroxylation is 1. The van der Waals surface area contributed by atoms with Crippen molar-refractivity contribution in [1.82, 2.24) is 16.0 Å². The Labute approximate surface area is 162 Å². The number of hydrogen-bond acceptors (Lipinski definition) is 3. The number of methoxy groups -OCH3 is 1. The minimum Gasteiger partial charge on any atom is -0.496 e. The number of ether oxygens (including phenoxy) is 1. The van der Waals surface area contributed by atoms with E-state index in [0.717, 1.165) is 30.6 Å². The van der Waals surface area contributed by atoms with Gasteiger partial charge in [-0.05, 0) is 44.2 Å². The molecule has 6 nitrogen and oxygen atoms in total. The van der Waals surface area contributed by atoms with Crippen molar-refractivity contribution in [1.29, 1.82) is 0 Å². The second-order valence-electron chi connectivity index (χ2n) is 7.25. The normalized spacial score (nSPS) is 14.4. The monoisotopic (exact) mass is 375 g/mol. The maximum Gasteiger partial charge on any atom is 0.315 e. The van der Waals surface area contributed by atoms with E-state index < -0.39 is 0 Å². The van der Waals surface area contributed by atoms with Crippen molar-refractivity contribution in [2.75, 3.05) is 20.2 Å². The molecule has 0 atom stereocenters. The SMILES string of the molecule is COc1ccc(C)cc1CCNC(=O)CCCNC(=O)NC1CCCCC1. The van der Waals surface area contributed by atoms with E-state index in [2.05, 4.69) is 22.0 Å². The molecule has 0 radical (unpaired) electrons. The van der Waals surface area contributed by atoms with E-state index in [9.17, 15) is 9.59 Å². The van der Waals surface area contributed by atoms with E-state index in [1.54, 1.807) is 7.11 Å². The van der Waals surface area contributed by atoms with Gasteiger partial charge in [0.25, 0.3) is 0 Å². The van der Waals surface area contributed by atoms with Gasteiger partial charge in [0.2, 0.25) is 5.91 Å². The molecule has 0 spiro atoms. The van der Waals surface area contributed by atoms with Gasteiger partial charge in [0.1, 0.15) is 5.75 Å². The lowest BCUT2D eigenvalue weighted by molar-refractivity contribution is -0.121. The molecule has 6 heteroatoms. The number of amides is 3. The molecule has 150 valence electrons. The fraction of sp³-hybridized carbons (Fsp3) is 0.619. The average Bonchev–Trinajstić information content (AvgIpc) is 2.66. The summed E-state index contributed by atoms with van der Waals surface area (Å²) in [6.45, 7) is 3.13. The molecule has 1 aliphatic carbocycles. The molecule has 1 aromatic carbocycles. The Kier molecular flexibility index (Phi) is 8.95. The minimum atomic E-state index is -0.117. The van der Waals surface area contributed by atoms with Crippen LogP contribution in [0.2, 0.25) is 0 Å². The van der Waals surface area contributed by atoms with E-state index in [4.69, 9.17) is 4.74 Å². The zero-order chi connectivity index (χ0) is 19.5. The zero-order valence-corrected chi connectivity index (χ0v) is 16.6. The van der Waals surface area contributed by atoms with Gasteiger partial charge < -0.3 is 20.7 Å². The molecule has 27 heavy (non-hydrogen) atoms. The number of rotatable bonds is 9. The number of nitrogens with one attached hydrogen (secondary N) is 3. The highest BCUT2D eigenvalue weighted by Crippen LogP contribution is 2.19. The van der Waals surface area contributed by atoms with Crippen LogP contribution < -0.4 is 20.7 Å². The molecule has 0 aliphatic heterocycles. The maximum atomic E-state index is 11.9. The second kappa shape index (κ2) is 11.5. The topological polar surface area (TPSA) is 79.5 Å². The van der Waals surface area contributed by atoms with Gasteiger partial charge in [-0.3, -0.25) is 4.79 Å². The number of benzene rings is 1. The molecule has 0 unspecified atom stereocenters. The van der Waals surface area contributed by atoms with Crippen molar-refractivity contribution in [2.24, 2.45) is 0 Å². The van der Waals surface area contributed by atoms with E-state index >= 15 is 0 Å². The molecule has 0 heterocycles. The lowest BCUT2D eigenvalue weighted by atomic mass is 9.96. The van der Waals surface area contributed by atoms with Crippen molar-refractivity contribution in [3.8, 4) is 5.75 Å². The lowest BCUT2D eigenvalue weighted by Crippen LogP contribution is -2.43. The summed E-state index contributed by atoms with van der Waals surface area (Å²) in [4.78, 5) is 23.8. The highest BCUT2D eigenvalue weighted by atomic mass is 16.5. The van der Waals surface area contributed by atoms with Crippen LogP contribution in [0.25, 0.3) is 0 Å². The first-order valence-electron chi connectivity index (χ1n) is 10.0. The van der Waals surface area contributed by atoms with Crippen molar-refractivity contribution in [3.63, 3.8) is 0 Å². The number of urea groups is 1. The maximum absolute atomic E-state index is 11.9. The Morgan fingerprint density at radius 3 is 2.63 bits per heavy atom. The zero-order valence-electron chi connectivity index (χ0n) is 16.6. The van der Waals surface area contributed by atoms with E-state index in [0.29, 0.717) is 32.0 Å². The third kappa shape index (κ3) is 7.89. The van der Waals surface area contributed by atoms with E-state index in [1.165, 1.54) is 24.8 Å². The minimum absolute atomic E-state index is 0.0103. The Bertz CT molecular complexity index is 613. The van der Waals surface area contributed by atoms with Gasteiger partial charge >= 0.3 is 6.03 Å². The van der Waals surface area contributed by atoms with Gasteiger partial charge in [-0.2, -0.15) is 0 Å². The Hall–Kier alpha value is -2.24. The van der Waals surface area contributed by atoms with Gasteiger partial charge in [-0.15, -0.1) is 0 Å². The van der Waals surface area contributed by atoms with Crippen LogP contribution >= 0.6 is 0 Å². The molecule has 3 N–H and O–H groups in total. The first-order chi connectivity index (χ1) is 13.1. The second-order valence-corrected chi connectivity index (χ2v) is 7.25. The van der Waals surface area contributed by atoms with E-state index in [-0.39, 0.29) is 11.9 Å². The summed E-state index contributed by atoms with van der Waals surface area (Å²) < 4.78 is 5.36. The first kappa shape index (κ1) is 21.1. The molecule has 1 fully saturated rings. The smallest absolute Gasteiger partial charge is 0.315 e. The van der Waals surface area contributed by atoms with Crippen LogP contribution in [-0.2, 0) is 11.2 Å². The average molecular weight is 376 g/mol. The summed E-state index contributed by atoms with van der Waals surface area (Å²) in [6.07, 6.45) is 7.58. The van der Waals surface area contributed by atoms with Gasteiger partial charge in [-0.1, -0.05) is 37.0 Å². The van der Waals surface area contributed by atoms with Gasteiger partial charge in [0, 0.05) is 25.6 Å². The van der Waals surface area contributed by atoms with Gasteiger partial charge in [-0.25, -0.2) is 4.79 Å². The summed E-state index contributed by atoms with van der Waals surface area (Å²) in [7, 11) is 1.66. The highest BCUT2D eigenvalue weighted by molar-refractivity contribution is 5.76. The Morgan fingerprint density at radius 1 is 1.11 bits per heavy atom. The van der Waals surface area contributed by atoms with Gasteiger partial charge in [0.05, 0.1) is 7.11 Å². The molecule has 1 aliphatic rings. The van der Waals surface area contributed by atoms with Crippen molar-refractivity contribution in [2.45, 2.75) is 64.3 Å².